The van der Waals surface area contributed by atoms with Gasteiger partial charge in [0.05, 0.1) is 14.2 Å². The molecule has 0 bridgehead atoms. The van der Waals surface area contributed by atoms with Crippen LogP contribution in [-0.2, 0) is 23.9 Å². The van der Waals surface area contributed by atoms with Crippen LogP contribution in [0.2, 0.25) is 0 Å². The number of anilines is 2. The maximum Gasteiger partial charge on any atom is 0.341 e. The highest BCUT2D eigenvalue weighted by molar-refractivity contribution is 6.35. The molecule has 7 nitrogen and oxygen atoms in total. The first kappa shape index (κ1) is 24.4. The van der Waals surface area contributed by atoms with Crippen molar-refractivity contribution in [1.29, 1.82) is 0 Å². The van der Waals surface area contributed by atoms with Gasteiger partial charge in [0.1, 0.15) is 11.1 Å². The molecule has 0 spiro atoms. The number of nitrogens with zero attached hydrogens (tertiary/aromatic N) is 2. The highest BCUT2D eigenvalue weighted by Crippen LogP contribution is 2.20. The molecule has 0 aliphatic carbocycles. The van der Waals surface area contributed by atoms with E-state index in [1.54, 1.807) is 24.3 Å². The van der Waals surface area contributed by atoms with E-state index in [-0.39, 0.29) is 11.1 Å². The fourth-order valence-electron chi connectivity index (χ4n) is 2.87. The molecule has 0 unspecified atom stereocenters. The van der Waals surface area contributed by atoms with Crippen molar-refractivity contribution in [3.05, 3.63) is 70.8 Å². The van der Waals surface area contributed by atoms with Gasteiger partial charge in [-0.15, -0.1) is 0 Å². The van der Waals surface area contributed by atoms with Crippen molar-refractivity contribution < 1.29 is 23.9 Å². The summed E-state index contributed by atoms with van der Waals surface area (Å²) in [7, 11) is 10.00. The lowest BCUT2D eigenvalue weighted by molar-refractivity contribution is -0.138. The highest BCUT2D eigenvalue weighted by atomic mass is 16.5. The van der Waals surface area contributed by atoms with Gasteiger partial charge in [-0.1, -0.05) is 24.3 Å². The summed E-state index contributed by atoms with van der Waals surface area (Å²) in [5.41, 5.74) is 2.61. The molecule has 168 valence electrons. The van der Waals surface area contributed by atoms with Crippen LogP contribution >= 0.6 is 0 Å². The van der Waals surface area contributed by atoms with E-state index in [9.17, 15) is 14.4 Å². The highest BCUT2D eigenvalue weighted by Gasteiger charge is 2.27. The van der Waals surface area contributed by atoms with Gasteiger partial charge in [0.2, 0.25) is 5.78 Å². The van der Waals surface area contributed by atoms with Crippen molar-refractivity contribution in [2.24, 2.45) is 0 Å². The van der Waals surface area contributed by atoms with E-state index in [2.05, 4.69) is 0 Å². The Morgan fingerprint density at radius 3 is 1.19 bits per heavy atom. The Hall–Kier alpha value is -3.87. The summed E-state index contributed by atoms with van der Waals surface area (Å²) >= 11 is 0. The van der Waals surface area contributed by atoms with Crippen molar-refractivity contribution in [1.82, 2.24) is 0 Å². The quantitative estimate of drug-likeness (QED) is 0.272. The molecule has 7 heteroatoms. The van der Waals surface area contributed by atoms with Crippen molar-refractivity contribution in [2.75, 3.05) is 52.2 Å². The standard InChI is InChI=1S/C25H28N2O5/c1-26(2)19-11-7-17(8-12-19)15-21(24(29)31-5)23(28)22(25(30)32-6)16-18-9-13-20(14-10-18)27(3)4/h7-16H,1-6H3. The normalized spacial score (nSPS) is 11.6. The molecule has 0 N–H and O–H groups in total. The van der Waals surface area contributed by atoms with Gasteiger partial charge >= 0.3 is 11.9 Å². The zero-order valence-corrected chi connectivity index (χ0v) is 19.2. The third kappa shape index (κ3) is 6.07. The Kier molecular flexibility index (Phi) is 8.35. The molecule has 0 fully saturated rings. The van der Waals surface area contributed by atoms with Crippen LogP contribution in [0.25, 0.3) is 12.2 Å². The molecule has 2 aromatic carbocycles. The van der Waals surface area contributed by atoms with Gasteiger partial charge in [-0.05, 0) is 47.5 Å². The fourth-order valence-corrected chi connectivity index (χ4v) is 2.87. The maximum absolute atomic E-state index is 13.2. The Labute approximate surface area is 188 Å². The molecule has 2 rings (SSSR count). The van der Waals surface area contributed by atoms with Crippen LogP contribution in [0.3, 0.4) is 0 Å². The zero-order chi connectivity index (χ0) is 23.8. The third-order valence-electron chi connectivity index (χ3n) is 4.74. The van der Waals surface area contributed by atoms with Gasteiger partial charge in [0.15, 0.2) is 0 Å². The van der Waals surface area contributed by atoms with Crippen LogP contribution in [0, 0.1) is 0 Å². The Morgan fingerprint density at radius 1 is 0.625 bits per heavy atom. The lowest BCUT2D eigenvalue weighted by Crippen LogP contribution is -2.21. The number of Topliss-reactive ketones (excluding diaryl/α,β-unsaturated/α-hetero) is 1. The summed E-state index contributed by atoms with van der Waals surface area (Å²) in [5, 5.41) is 0. The van der Waals surface area contributed by atoms with Crippen molar-refractivity contribution in [3.8, 4) is 0 Å². The van der Waals surface area contributed by atoms with E-state index < -0.39 is 17.7 Å². The third-order valence-corrected chi connectivity index (χ3v) is 4.74. The minimum Gasteiger partial charge on any atom is -0.465 e. The number of esters is 2. The summed E-state index contributed by atoms with van der Waals surface area (Å²) in [4.78, 5) is 41.9. The van der Waals surface area contributed by atoms with Crippen molar-refractivity contribution in [2.45, 2.75) is 0 Å². The first-order chi connectivity index (χ1) is 15.2. The van der Waals surface area contributed by atoms with Crippen LogP contribution in [-0.4, -0.2) is 60.1 Å². The number of benzene rings is 2. The van der Waals surface area contributed by atoms with E-state index in [1.165, 1.54) is 26.4 Å². The Bertz CT molecular complexity index is 950. The molecular formula is C25H28N2O5. The lowest BCUT2D eigenvalue weighted by atomic mass is 9.98. The van der Waals surface area contributed by atoms with Crippen molar-refractivity contribution in [3.63, 3.8) is 0 Å². The number of methoxy groups -OCH3 is 2. The number of hydrogen-bond donors (Lipinski definition) is 0. The Balaban J connectivity index is 2.51. The summed E-state index contributed by atoms with van der Waals surface area (Å²) < 4.78 is 9.60. The number of hydrogen-bond acceptors (Lipinski definition) is 7. The van der Waals surface area contributed by atoms with Crippen LogP contribution in [0.5, 0.6) is 0 Å². The van der Waals surface area contributed by atoms with Gasteiger partial charge in [-0.25, -0.2) is 9.59 Å². The topological polar surface area (TPSA) is 76.2 Å². The second-order valence-corrected chi connectivity index (χ2v) is 7.40. The molecule has 0 radical (unpaired) electrons. The predicted octanol–water partition coefficient (Wildman–Crippen LogP) is 3.20. The van der Waals surface area contributed by atoms with E-state index >= 15 is 0 Å². The summed E-state index contributed by atoms with van der Waals surface area (Å²) in [5.74, 6) is -2.47. The fraction of sp³-hybridized carbons (Fsp3) is 0.240. The van der Waals surface area contributed by atoms with Gasteiger partial charge in [-0.3, -0.25) is 4.79 Å². The van der Waals surface area contributed by atoms with Crippen LogP contribution in [0.4, 0.5) is 11.4 Å². The molecule has 0 aliphatic heterocycles. The second kappa shape index (κ2) is 10.9. The molecule has 32 heavy (non-hydrogen) atoms. The molecular weight excluding hydrogens is 408 g/mol. The van der Waals surface area contributed by atoms with E-state index in [4.69, 9.17) is 9.47 Å². The van der Waals surface area contributed by atoms with Crippen LogP contribution < -0.4 is 9.80 Å². The number of carbonyl (C=O) groups excluding carboxylic acids is 3. The predicted molar refractivity (Wildman–Crippen MR) is 127 cm³/mol. The average molecular weight is 437 g/mol. The van der Waals surface area contributed by atoms with Gasteiger partial charge < -0.3 is 19.3 Å². The van der Waals surface area contributed by atoms with Crippen LogP contribution in [0.15, 0.2) is 59.7 Å². The number of ketones is 1. The molecule has 0 aliphatic rings. The van der Waals surface area contributed by atoms with Gasteiger partial charge in [0.25, 0.3) is 0 Å². The van der Waals surface area contributed by atoms with E-state index in [1.807, 2.05) is 62.3 Å². The minimum absolute atomic E-state index is 0.272. The summed E-state index contributed by atoms with van der Waals surface area (Å²) in [6, 6.07) is 14.5. The first-order valence-corrected chi connectivity index (χ1v) is 9.87. The summed E-state index contributed by atoms with van der Waals surface area (Å²) in [6.45, 7) is 0. The molecule has 2 aromatic rings. The van der Waals surface area contributed by atoms with E-state index in [0.717, 1.165) is 11.4 Å². The largest absolute Gasteiger partial charge is 0.465 e. The van der Waals surface area contributed by atoms with Gasteiger partial charge in [0, 0.05) is 39.6 Å². The number of ether oxygens (including phenoxy) is 2. The molecule has 0 heterocycles. The second-order valence-electron chi connectivity index (χ2n) is 7.40. The smallest absolute Gasteiger partial charge is 0.341 e. The maximum atomic E-state index is 13.2. The SMILES string of the molecule is COC(=O)C(=Cc1ccc(N(C)C)cc1)C(=O)C(=Cc1ccc(N(C)C)cc1)C(=O)OC. The first-order valence-electron chi connectivity index (χ1n) is 9.87. The average Bonchev–Trinajstić information content (AvgIpc) is 2.80. The molecule has 0 amide bonds. The summed E-state index contributed by atoms with van der Waals surface area (Å²) in [6.07, 6.45) is 2.80. The van der Waals surface area contributed by atoms with E-state index in [0.29, 0.717) is 11.1 Å². The van der Waals surface area contributed by atoms with Crippen molar-refractivity contribution >= 4 is 41.2 Å². The Morgan fingerprint density at radius 2 is 0.938 bits per heavy atom. The lowest BCUT2D eigenvalue weighted by Gasteiger charge is -2.13. The molecule has 0 aromatic heterocycles. The number of rotatable bonds is 8. The monoisotopic (exact) mass is 436 g/mol. The minimum atomic E-state index is -0.843. The molecule has 0 saturated carbocycles. The number of carbonyl (C=O) groups is 3. The molecule has 0 saturated heterocycles. The molecule has 0 atom stereocenters. The van der Waals surface area contributed by atoms with Gasteiger partial charge in [-0.2, -0.15) is 0 Å². The van der Waals surface area contributed by atoms with Crippen LogP contribution in [0.1, 0.15) is 11.1 Å². The zero-order valence-electron chi connectivity index (χ0n) is 19.2.